The van der Waals surface area contributed by atoms with Gasteiger partial charge >= 0.3 is 0 Å². The van der Waals surface area contributed by atoms with Gasteiger partial charge in [0, 0.05) is 22.9 Å². The van der Waals surface area contributed by atoms with E-state index in [4.69, 9.17) is 16.3 Å². The molecular formula is C24H19ClFN5O3S2. The number of hydrogen-bond donors (Lipinski definition) is 2. The zero-order valence-corrected chi connectivity index (χ0v) is 20.9. The monoisotopic (exact) mass is 543 g/mol. The molecule has 1 saturated heterocycles. The Morgan fingerprint density at radius 1 is 1.03 bits per heavy atom. The van der Waals surface area contributed by atoms with E-state index in [-0.39, 0.29) is 26.5 Å². The molecule has 0 amide bonds. The summed E-state index contributed by atoms with van der Waals surface area (Å²) in [5.74, 6) is -0.132. The molecule has 1 aliphatic heterocycles. The number of aromatic nitrogens is 3. The van der Waals surface area contributed by atoms with Gasteiger partial charge in [-0.05, 0) is 48.5 Å². The maximum absolute atomic E-state index is 15.0. The molecular weight excluding hydrogens is 525 g/mol. The van der Waals surface area contributed by atoms with Gasteiger partial charge in [0.05, 0.1) is 35.7 Å². The van der Waals surface area contributed by atoms with Gasteiger partial charge in [0.25, 0.3) is 10.0 Å². The summed E-state index contributed by atoms with van der Waals surface area (Å²) in [5, 5.41) is 3.82. The van der Waals surface area contributed by atoms with Crippen molar-refractivity contribution in [3.8, 4) is 11.3 Å². The van der Waals surface area contributed by atoms with Gasteiger partial charge in [0.2, 0.25) is 5.95 Å². The van der Waals surface area contributed by atoms with E-state index in [0.717, 1.165) is 17.8 Å². The molecule has 2 aromatic carbocycles. The van der Waals surface area contributed by atoms with Crippen LogP contribution in [0.5, 0.6) is 0 Å². The van der Waals surface area contributed by atoms with Crippen LogP contribution in [0.2, 0.25) is 5.02 Å². The van der Waals surface area contributed by atoms with Crippen molar-refractivity contribution in [2.24, 2.45) is 0 Å². The average molecular weight is 544 g/mol. The molecule has 0 atom stereocenters. The van der Waals surface area contributed by atoms with Crippen molar-refractivity contribution in [3.63, 3.8) is 0 Å². The van der Waals surface area contributed by atoms with Gasteiger partial charge < -0.3 is 10.1 Å². The van der Waals surface area contributed by atoms with E-state index < -0.39 is 15.8 Å². The Labute approximate surface area is 216 Å². The highest BCUT2D eigenvalue weighted by atomic mass is 35.5. The minimum Gasteiger partial charge on any atom is -0.377 e. The summed E-state index contributed by atoms with van der Waals surface area (Å²) < 4.78 is 47.9. The fourth-order valence-corrected chi connectivity index (χ4v) is 5.84. The zero-order valence-electron chi connectivity index (χ0n) is 18.6. The van der Waals surface area contributed by atoms with Gasteiger partial charge in [0.1, 0.15) is 15.7 Å². The van der Waals surface area contributed by atoms with Crippen molar-refractivity contribution in [3.05, 3.63) is 83.9 Å². The number of hydrogen-bond acceptors (Lipinski definition) is 8. The highest BCUT2D eigenvalue weighted by Crippen LogP contribution is 2.36. The summed E-state index contributed by atoms with van der Waals surface area (Å²) >= 11 is 7.12. The molecule has 2 N–H and O–H groups in total. The van der Waals surface area contributed by atoms with Crippen molar-refractivity contribution in [1.82, 2.24) is 15.0 Å². The van der Waals surface area contributed by atoms with Crippen molar-refractivity contribution in [1.29, 1.82) is 0 Å². The van der Waals surface area contributed by atoms with Crippen LogP contribution in [0.4, 0.5) is 16.0 Å². The third-order valence-electron chi connectivity index (χ3n) is 5.19. The second-order valence-electron chi connectivity index (χ2n) is 7.78. The van der Waals surface area contributed by atoms with Crippen molar-refractivity contribution >= 4 is 45.0 Å². The molecule has 8 nitrogen and oxygen atoms in total. The van der Waals surface area contributed by atoms with Crippen LogP contribution in [0.1, 0.15) is 0 Å². The maximum Gasteiger partial charge on any atom is 0.263 e. The number of pyridine rings is 1. The van der Waals surface area contributed by atoms with Gasteiger partial charge in [-0.25, -0.2) is 27.8 Å². The van der Waals surface area contributed by atoms with E-state index in [1.165, 1.54) is 24.3 Å². The summed E-state index contributed by atoms with van der Waals surface area (Å²) in [6.07, 6.45) is 3.26. The molecule has 1 aliphatic rings. The normalized spacial score (nSPS) is 13.7. The number of nitrogens with one attached hydrogen (secondary N) is 2. The van der Waals surface area contributed by atoms with Crippen molar-refractivity contribution in [2.75, 3.05) is 23.3 Å². The Bertz CT molecular complexity index is 1520. The molecule has 0 bridgehead atoms. The molecule has 1 fully saturated rings. The van der Waals surface area contributed by atoms with Crippen molar-refractivity contribution in [2.45, 2.75) is 20.9 Å². The van der Waals surface area contributed by atoms with Crippen LogP contribution >= 0.6 is 23.4 Å². The molecule has 0 saturated carbocycles. The summed E-state index contributed by atoms with van der Waals surface area (Å²) in [4.78, 5) is 13.4. The van der Waals surface area contributed by atoms with E-state index in [1.807, 2.05) is 6.07 Å². The molecule has 0 spiro atoms. The van der Waals surface area contributed by atoms with Crippen LogP contribution in [0.3, 0.4) is 0 Å². The van der Waals surface area contributed by atoms with Crippen molar-refractivity contribution < 1.29 is 17.5 Å². The standard InChI is InChI=1S/C24H19ClFN5O3S2/c25-18-5-1-2-6-22(18)36(32,33)31-15-7-8-21(19(26)12-15)35-23-17(4-3-10-27-23)20-9-11-28-24(30-20)29-16-13-34-14-16/h1-12,16,31H,13-14H2,(H,28,29,30). The fourth-order valence-electron chi connectivity index (χ4n) is 3.37. The van der Waals surface area contributed by atoms with Crippen LogP contribution in [0.25, 0.3) is 11.3 Å². The van der Waals surface area contributed by atoms with Gasteiger partial charge in [0.15, 0.2) is 0 Å². The topological polar surface area (TPSA) is 106 Å². The highest BCUT2D eigenvalue weighted by Gasteiger charge is 2.21. The van der Waals surface area contributed by atoms with E-state index >= 15 is 4.39 Å². The molecule has 0 radical (unpaired) electrons. The average Bonchev–Trinajstić information content (AvgIpc) is 2.84. The van der Waals surface area contributed by atoms with Crippen LogP contribution in [-0.2, 0) is 14.8 Å². The molecule has 3 heterocycles. The highest BCUT2D eigenvalue weighted by molar-refractivity contribution is 7.99. The second kappa shape index (κ2) is 10.4. The van der Waals surface area contributed by atoms with Gasteiger partial charge in [-0.1, -0.05) is 35.5 Å². The van der Waals surface area contributed by atoms with E-state index in [9.17, 15) is 8.42 Å². The van der Waals surface area contributed by atoms with Crippen LogP contribution in [-0.4, -0.2) is 42.6 Å². The molecule has 0 aliphatic carbocycles. The fraction of sp³-hybridized carbons (Fsp3) is 0.125. The van der Waals surface area contributed by atoms with Gasteiger partial charge in [-0.3, -0.25) is 4.72 Å². The third-order valence-corrected chi connectivity index (χ3v) is 8.14. The summed E-state index contributed by atoms with van der Waals surface area (Å²) in [7, 11) is -3.98. The van der Waals surface area contributed by atoms with E-state index in [1.54, 1.807) is 36.7 Å². The largest absolute Gasteiger partial charge is 0.377 e. The lowest BCUT2D eigenvalue weighted by Crippen LogP contribution is -2.40. The zero-order chi connectivity index (χ0) is 25.1. The first kappa shape index (κ1) is 24.4. The lowest BCUT2D eigenvalue weighted by molar-refractivity contribution is 0.0208. The Kier molecular flexibility index (Phi) is 7.06. The molecule has 2 aromatic heterocycles. The van der Waals surface area contributed by atoms with E-state index in [0.29, 0.717) is 35.4 Å². The first-order valence-corrected chi connectivity index (χ1v) is 13.4. The number of anilines is 2. The second-order valence-corrected chi connectivity index (χ2v) is 10.9. The first-order valence-electron chi connectivity index (χ1n) is 10.8. The number of benzene rings is 2. The molecule has 36 heavy (non-hydrogen) atoms. The number of ether oxygens (including phenoxy) is 1. The number of halogens is 2. The molecule has 0 unspecified atom stereocenters. The summed E-state index contributed by atoms with van der Waals surface area (Å²) in [5.41, 5.74) is 1.41. The summed E-state index contributed by atoms with van der Waals surface area (Å²) in [6, 6.07) is 15.7. The number of nitrogens with zero attached hydrogens (tertiary/aromatic N) is 3. The molecule has 4 aromatic rings. The van der Waals surface area contributed by atoms with E-state index in [2.05, 4.69) is 25.0 Å². The lowest BCUT2D eigenvalue weighted by atomic mass is 10.2. The molecule has 5 rings (SSSR count). The third kappa shape index (κ3) is 5.44. The Balaban J connectivity index is 1.37. The predicted molar refractivity (Wildman–Crippen MR) is 136 cm³/mol. The van der Waals surface area contributed by atoms with Gasteiger partial charge in [-0.15, -0.1) is 0 Å². The van der Waals surface area contributed by atoms with Crippen LogP contribution in [0.15, 0.2) is 87.9 Å². The number of rotatable bonds is 8. The van der Waals surface area contributed by atoms with Gasteiger partial charge in [-0.2, -0.15) is 0 Å². The molecule has 12 heteroatoms. The van der Waals surface area contributed by atoms with Crippen LogP contribution < -0.4 is 10.0 Å². The Morgan fingerprint density at radius 3 is 2.61 bits per heavy atom. The Morgan fingerprint density at radius 2 is 1.86 bits per heavy atom. The minimum atomic E-state index is -3.98. The van der Waals surface area contributed by atoms with Crippen LogP contribution in [0, 0.1) is 5.82 Å². The number of sulfonamides is 1. The predicted octanol–water partition coefficient (Wildman–Crippen LogP) is 5.09. The maximum atomic E-state index is 15.0. The minimum absolute atomic E-state index is 0.0735. The smallest absolute Gasteiger partial charge is 0.263 e. The summed E-state index contributed by atoms with van der Waals surface area (Å²) in [6.45, 7) is 1.21. The molecule has 184 valence electrons. The SMILES string of the molecule is O=S(=O)(Nc1ccc(Sc2ncccc2-c2ccnc(NC3COC3)n2)c(F)c1)c1ccccc1Cl. The Hall–Kier alpha value is -3.25. The lowest BCUT2D eigenvalue weighted by Gasteiger charge is -2.26. The first-order chi connectivity index (χ1) is 17.4. The quantitative estimate of drug-likeness (QED) is 0.316.